The van der Waals surface area contributed by atoms with Crippen molar-refractivity contribution in [2.75, 3.05) is 13.2 Å². The van der Waals surface area contributed by atoms with Crippen LogP contribution in [0.3, 0.4) is 0 Å². The number of rotatable bonds is 14. The standard InChI is InChI=1S/C15H18N2O9.C13H18O9.C10H20N2O2Si2/c1-7(18)23-6-10-12(24-8(2)19)13(25-9(3)20)14(26-10)17-5-4-11(21)16-15(17)22;1-6(14)18-5-10-11(19-7(2)15)12(20-8(3)16)13(22-10)21-9(4)17;1-15(2,3)13-9-7-8-11-10(12-9)14-16(4,5)6/h4-5,10,12-14H,6H2,1-3H3,(H,16,21,22);10-13H,5H2,1-4H3;7-8H,1-6H3/t10-,12+,13?,14-;10-,11+,12?,13-;/m11./s1. The van der Waals surface area contributed by atoms with Gasteiger partial charge in [0.1, 0.15) is 25.4 Å². The molecule has 0 amide bonds. The van der Waals surface area contributed by atoms with Crippen LogP contribution >= 0.6 is 0 Å². The molecule has 0 spiro atoms. The van der Waals surface area contributed by atoms with Gasteiger partial charge in [-0.15, -0.1) is 0 Å². The second-order valence-corrected chi connectivity index (χ2v) is 24.6. The van der Waals surface area contributed by atoms with Crippen molar-refractivity contribution in [3.8, 4) is 11.9 Å². The van der Waals surface area contributed by atoms with Crippen LogP contribution in [0.2, 0.25) is 39.3 Å². The summed E-state index contributed by atoms with van der Waals surface area (Å²) in [5.41, 5.74) is -1.43. The van der Waals surface area contributed by atoms with Gasteiger partial charge >= 0.3 is 53.5 Å². The average Bonchev–Trinajstić information content (AvgIpc) is 3.59. The van der Waals surface area contributed by atoms with Crippen molar-refractivity contribution in [2.45, 2.75) is 137 Å². The van der Waals surface area contributed by atoms with Crippen LogP contribution in [-0.4, -0.2) is 134 Å². The van der Waals surface area contributed by atoms with Crippen molar-refractivity contribution < 1.29 is 85.0 Å². The predicted molar refractivity (Wildman–Crippen MR) is 221 cm³/mol. The van der Waals surface area contributed by atoms with Gasteiger partial charge in [0, 0.05) is 73.0 Å². The summed E-state index contributed by atoms with van der Waals surface area (Å²) >= 11 is 0. The van der Waals surface area contributed by atoms with Crippen LogP contribution in [0.5, 0.6) is 11.9 Å². The zero-order valence-corrected chi connectivity index (χ0v) is 39.8. The third-order valence-electron chi connectivity index (χ3n) is 7.49. The van der Waals surface area contributed by atoms with E-state index in [0.717, 1.165) is 51.4 Å². The van der Waals surface area contributed by atoms with E-state index in [0.29, 0.717) is 11.9 Å². The molecule has 64 heavy (non-hydrogen) atoms. The molecule has 0 radical (unpaired) electrons. The highest BCUT2D eigenvalue weighted by atomic mass is 28.4. The van der Waals surface area contributed by atoms with Crippen LogP contribution in [0, 0.1) is 0 Å². The van der Waals surface area contributed by atoms with Crippen molar-refractivity contribution in [1.82, 2.24) is 19.5 Å². The summed E-state index contributed by atoms with van der Waals surface area (Å²) in [7, 11) is -3.26. The molecule has 2 aromatic rings. The Morgan fingerprint density at radius 3 is 1.52 bits per heavy atom. The highest BCUT2D eigenvalue weighted by Crippen LogP contribution is 2.34. The highest BCUT2D eigenvalue weighted by molar-refractivity contribution is 6.70. The number of ether oxygens (including phenoxy) is 9. The minimum atomic E-state index is -1.65. The largest absolute Gasteiger partial charge is 0.531 e. The van der Waals surface area contributed by atoms with Gasteiger partial charge in [0.05, 0.1) is 0 Å². The zero-order chi connectivity index (χ0) is 48.7. The zero-order valence-electron chi connectivity index (χ0n) is 37.8. The maximum absolute atomic E-state index is 12.1. The van der Waals surface area contributed by atoms with Crippen LogP contribution in [0.4, 0.5) is 0 Å². The summed E-state index contributed by atoms with van der Waals surface area (Å²) in [4.78, 5) is 112. The molecule has 0 aliphatic carbocycles. The lowest BCUT2D eigenvalue weighted by atomic mass is 10.1. The molecule has 2 fully saturated rings. The summed E-state index contributed by atoms with van der Waals surface area (Å²) in [6, 6.07) is 3.28. The quantitative estimate of drug-likeness (QED) is 0.159. The van der Waals surface area contributed by atoms with Gasteiger partial charge in [0.25, 0.3) is 5.56 Å². The third-order valence-corrected chi connectivity index (χ3v) is 9.10. The Balaban J connectivity index is 0.000000340. The predicted octanol–water partition coefficient (Wildman–Crippen LogP) is 1.47. The lowest BCUT2D eigenvalue weighted by molar-refractivity contribution is -0.197. The second kappa shape index (κ2) is 24.2. The number of hydrogen-bond donors (Lipinski definition) is 1. The fourth-order valence-corrected chi connectivity index (χ4v) is 6.88. The van der Waals surface area contributed by atoms with E-state index in [2.05, 4.69) is 49.3 Å². The second-order valence-electron chi connectivity index (χ2n) is 15.7. The molecular weight excluding hydrogens is 889 g/mol. The van der Waals surface area contributed by atoms with Crippen LogP contribution in [-0.2, 0) is 76.2 Å². The van der Waals surface area contributed by atoms with Crippen LogP contribution in [0.1, 0.15) is 54.7 Å². The van der Waals surface area contributed by atoms with Gasteiger partial charge in [0.2, 0.25) is 34.9 Å². The van der Waals surface area contributed by atoms with E-state index in [4.69, 9.17) is 51.5 Å². The third kappa shape index (κ3) is 19.6. The summed E-state index contributed by atoms with van der Waals surface area (Å²) in [5.74, 6) is -3.92. The number of aromatic amines is 1. The van der Waals surface area contributed by atoms with Crippen LogP contribution < -0.4 is 20.1 Å². The molecule has 0 saturated carbocycles. The Kier molecular flexibility index (Phi) is 20.4. The molecular formula is C38H56N4O20Si2. The molecule has 4 heterocycles. The van der Waals surface area contributed by atoms with E-state index in [1.165, 1.54) is 13.8 Å². The Hall–Kier alpha value is -6.00. The first-order valence-electron chi connectivity index (χ1n) is 19.5. The molecule has 24 nitrogen and oxygen atoms in total. The minimum absolute atomic E-state index is 0.247. The molecule has 4 rings (SSSR count). The molecule has 2 saturated heterocycles. The van der Waals surface area contributed by atoms with E-state index in [-0.39, 0.29) is 13.2 Å². The fraction of sp³-hybridized carbons (Fsp3) is 0.605. The summed E-state index contributed by atoms with van der Waals surface area (Å²) in [6.07, 6.45) is -6.08. The number of carbonyl (C=O) groups excluding carboxylic acids is 7. The molecule has 0 aromatic carbocycles. The first-order chi connectivity index (χ1) is 29.5. The molecule has 8 atom stereocenters. The summed E-state index contributed by atoms with van der Waals surface area (Å²) in [6.45, 7) is 20.2. The maximum Gasteiger partial charge on any atom is 0.330 e. The van der Waals surface area contributed by atoms with Crippen molar-refractivity contribution in [1.29, 1.82) is 0 Å². The Labute approximate surface area is 369 Å². The van der Waals surface area contributed by atoms with Gasteiger partial charge in [-0.05, 0) is 39.3 Å². The number of nitrogens with zero attached hydrogens (tertiary/aromatic N) is 3. The van der Waals surface area contributed by atoms with Crippen molar-refractivity contribution in [3.63, 3.8) is 0 Å². The van der Waals surface area contributed by atoms with Crippen LogP contribution in [0.15, 0.2) is 34.1 Å². The van der Waals surface area contributed by atoms with Gasteiger partial charge in [-0.3, -0.25) is 47.9 Å². The number of esters is 7. The molecule has 1 N–H and O–H groups in total. The normalized spacial score (nSPS) is 22.4. The molecule has 2 aromatic heterocycles. The topological polar surface area (TPSA) is 302 Å². The smallest absolute Gasteiger partial charge is 0.330 e. The maximum atomic E-state index is 12.1. The minimum Gasteiger partial charge on any atom is -0.531 e. The SMILES string of the molecule is CC(=O)OC[C@H]1O[C@@H](OC(C)=O)C(OC(C)=O)[C@H]1OC(C)=O.CC(=O)OC[C@H]1O[C@@H](n2ccc(=O)[nH]c2=O)C(OC(C)=O)[C@H]1OC(C)=O.C[Si](C)(C)Oc1ccnc(O[Si](C)(C)C)n1. The summed E-state index contributed by atoms with van der Waals surface area (Å²) < 4.78 is 58.5. The van der Waals surface area contributed by atoms with Crippen molar-refractivity contribution >= 4 is 58.4 Å². The van der Waals surface area contributed by atoms with E-state index in [1.807, 2.05) is 4.98 Å². The van der Waals surface area contributed by atoms with Gasteiger partial charge < -0.3 is 51.5 Å². The van der Waals surface area contributed by atoms with Gasteiger partial charge in [-0.2, -0.15) is 4.98 Å². The lowest BCUT2D eigenvalue weighted by Gasteiger charge is -2.23. The van der Waals surface area contributed by atoms with E-state index >= 15 is 0 Å². The molecule has 26 heteroatoms. The van der Waals surface area contributed by atoms with Gasteiger partial charge in [0.15, 0.2) is 24.5 Å². The molecule has 356 valence electrons. The number of nitrogens with one attached hydrogen (secondary N) is 1. The van der Waals surface area contributed by atoms with E-state index in [9.17, 15) is 43.2 Å². The average molecular weight is 945 g/mol. The first kappa shape index (κ1) is 54.1. The molecule has 2 aliphatic heterocycles. The first-order valence-corrected chi connectivity index (χ1v) is 26.3. The van der Waals surface area contributed by atoms with Crippen molar-refractivity contribution in [2.24, 2.45) is 0 Å². The Morgan fingerprint density at radius 1 is 0.609 bits per heavy atom. The number of carbonyl (C=O) groups is 7. The number of hydrogen-bond acceptors (Lipinski definition) is 22. The van der Waals surface area contributed by atoms with Crippen LogP contribution in [0.25, 0.3) is 0 Å². The van der Waals surface area contributed by atoms with Gasteiger partial charge in [-0.1, -0.05) is 0 Å². The Bertz CT molecular complexity index is 2050. The number of aromatic nitrogens is 4. The summed E-state index contributed by atoms with van der Waals surface area (Å²) in [5, 5.41) is 0. The van der Waals surface area contributed by atoms with E-state index < -0.39 is 119 Å². The molecule has 2 aliphatic rings. The molecule has 0 bridgehead atoms. The van der Waals surface area contributed by atoms with Crippen molar-refractivity contribution in [3.05, 3.63) is 45.4 Å². The highest BCUT2D eigenvalue weighted by Gasteiger charge is 2.52. The number of H-pyrrole nitrogens is 1. The van der Waals surface area contributed by atoms with E-state index in [1.54, 1.807) is 12.3 Å². The monoisotopic (exact) mass is 944 g/mol. The fourth-order valence-electron chi connectivity index (χ4n) is 5.50. The van der Waals surface area contributed by atoms with Gasteiger partial charge in [-0.25, -0.2) is 9.78 Å². The molecule has 2 unspecified atom stereocenters. The lowest BCUT2D eigenvalue weighted by Crippen LogP contribution is -2.42. The Morgan fingerprint density at radius 2 is 1.06 bits per heavy atom.